The molecule has 0 spiro atoms. The Labute approximate surface area is 155 Å². The lowest BCUT2D eigenvalue weighted by Crippen LogP contribution is -2.06. The molecule has 0 radical (unpaired) electrons. The Hall–Kier alpha value is -2.47. The summed E-state index contributed by atoms with van der Waals surface area (Å²) in [6, 6.07) is 14.8. The van der Waals surface area contributed by atoms with Crippen LogP contribution in [0.2, 0.25) is 0 Å². The van der Waals surface area contributed by atoms with Crippen molar-refractivity contribution in [1.29, 1.82) is 0 Å². The largest absolute Gasteiger partial charge is 0.498 e. The summed E-state index contributed by atoms with van der Waals surface area (Å²) < 4.78 is 38.2. The van der Waals surface area contributed by atoms with Crippen molar-refractivity contribution in [3.63, 3.8) is 0 Å². The van der Waals surface area contributed by atoms with Crippen molar-refractivity contribution in [2.24, 2.45) is 0 Å². The fraction of sp³-hybridized carbons (Fsp3) is 0.300. The van der Waals surface area contributed by atoms with Crippen LogP contribution < -0.4 is 8.92 Å². The topological polar surface area (TPSA) is 61.8 Å². The molecule has 0 aliphatic rings. The normalized spacial score (nSPS) is 11.0. The summed E-state index contributed by atoms with van der Waals surface area (Å²) in [6.07, 6.45) is 2.38. The van der Waals surface area contributed by atoms with E-state index in [4.69, 9.17) is 13.7 Å². The second kappa shape index (κ2) is 9.29. The van der Waals surface area contributed by atoms with Crippen LogP contribution in [-0.4, -0.2) is 27.9 Å². The van der Waals surface area contributed by atoms with E-state index in [-0.39, 0.29) is 0 Å². The first kappa shape index (κ1) is 19.8. The Morgan fingerprint density at radius 3 is 2.42 bits per heavy atom. The fourth-order valence-electron chi connectivity index (χ4n) is 2.40. The van der Waals surface area contributed by atoms with E-state index >= 15 is 0 Å². The third-order valence-electron chi connectivity index (χ3n) is 3.48. The van der Waals surface area contributed by atoms with Crippen LogP contribution in [0.15, 0.2) is 60.9 Å². The van der Waals surface area contributed by atoms with Crippen molar-refractivity contribution in [3.05, 3.63) is 72.0 Å². The maximum Gasteiger partial charge on any atom is 0.306 e. The molecule has 2 aromatic rings. The molecule has 0 aromatic heterocycles. The monoisotopic (exact) mass is 376 g/mol. The summed E-state index contributed by atoms with van der Waals surface area (Å²) in [6.45, 7) is 6.95. The van der Waals surface area contributed by atoms with E-state index in [1.165, 1.54) is 0 Å². The van der Waals surface area contributed by atoms with Gasteiger partial charge >= 0.3 is 10.1 Å². The van der Waals surface area contributed by atoms with Crippen LogP contribution in [0.1, 0.15) is 18.1 Å². The van der Waals surface area contributed by atoms with Crippen LogP contribution in [-0.2, 0) is 27.7 Å². The van der Waals surface area contributed by atoms with Gasteiger partial charge in [-0.05, 0) is 42.3 Å². The van der Waals surface area contributed by atoms with Gasteiger partial charge in [0.05, 0.1) is 25.2 Å². The molecule has 0 bridgehead atoms. The van der Waals surface area contributed by atoms with Gasteiger partial charge in [-0.15, -0.1) is 0 Å². The van der Waals surface area contributed by atoms with Crippen molar-refractivity contribution >= 4 is 10.1 Å². The predicted octanol–water partition coefficient (Wildman–Crippen LogP) is 3.74. The van der Waals surface area contributed by atoms with Gasteiger partial charge in [0.15, 0.2) is 0 Å². The molecule has 2 rings (SSSR count). The molecule has 0 amide bonds. The van der Waals surface area contributed by atoms with Gasteiger partial charge in [-0.3, -0.25) is 0 Å². The minimum atomic E-state index is -3.50. The average Bonchev–Trinajstić information content (AvgIpc) is 2.56. The van der Waals surface area contributed by atoms with E-state index in [1.807, 2.05) is 43.3 Å². The van der Waals surface area contributed by atoms with E-state index in [0.717, 1.165) is 28.9 Å². The molecule has 0 heterocycles. The second-order valence-corrected chi connectivity index (χ2v) is 7.40. The average molecular weight is 376 g/mol. The van der Waals surface area contributed by atoms with Gasteiger partial charge in [0.1, 0.15) is 11.5 Å². The molecule has 0 fully saturated rings. The zero-order chi connectivity index (χ0) is 19.0. The summed E-state index contributed by atoms with van der Waals surface area (Å²) in [5, 5.41) is 0. The quantitative estimate of drug-likeness (QED) is 0.467. The SMILES string of the molecule is C=C(Cc1cccc(OCCc2ccc(OS(C)(=O)=O)cc2)c1)OCC. The summed E-state index contributed by atoms with van der Waals surface area (Å²) in [5.41, 5.74) is 2.12. The van der Waals surface area contributed by atoms with Crippen molar-refractivity contribution in [2.75, 3.05) is 19.5 Å². The van der Waals surface area contributed by atoms with Crippen LogP contribution in [0.4, 0.5) is 0 Å². The van der Waals surface area contributed by atoms with Crippen molar-refractivity contribution < 1.29 is 22.1 Å². The molecule has 0 aliphatic carbocycles. The standard InChI is InChI=1S/C20H24O5S/c1-4-23-16(2)14-18-6-5-7-20(15-18)24-13-12-17-8-10-19(11-9-17)25-26(3,21)22/h5-11,15H,2,4,12-14H2,1,3H3. The number of hydrogen-bond acceptors (Lipinski definition) is 5. The van der Waals surface area contributed by atoms with Gasteiger partial charge in [-0.25, -0.2) is 0 Å². The zero-order valence-electron chi connectivity index (χ0n) is 15.1. The Kier molecular flexibility index (Phi) is 7.09. The number of rotatable bonds is 10. The third-order valence-corrected chi connectivity index (χ3v) is 3.97. The summed E-state index contributed by atoms with van der Waals surface area (Å²) in [4.78, 5) is 0. The van der Waals surface area contributed by atoms with Crippen LogP contribution in [0.5, 0.6) is 11.5 Å². The first-order valence-electron chi connectivity index (χ1n) is 8.36. The zero-order valence-corrected chi connectivity index (χ0v) is 15.9. The number of hydrogen-bond donors (Lipinski definition) is 0. The highest BCUT2D eigenvalue weighted by Crippen LogP contribution is 2.18. The summed E-state index contributed by atoms with van der Waals surface area (Å²) >= 11 is 0. The number of allylic oxidation sites excluding steroid dienone is 1. The van der Waals surface area contributed by atoms with Crippen LogP contribution in [0.25, 0.3) is 0 Å². The van der Waals surface area contributed by atoms with E-state index in [2.05, 4.69) is 6.58 Å². The highest BCUT2D eigenvalue weighted by molar-refractivity contribution is 7.86. The van der Waals surface area contributed by atoms with Gasteiger partial charge in [-0.1, -0.05) is 30.8 Å². The van der Waals surface area contributed by atoms with E-state index in [0.29, 0.717) is 31.8 Å². The van der Waals surface area contributed by atoms with Crippen molar-refractivity contribution in [3.8, 4) is 11.5 Å². The Bertz CT molecular complexity index is 826. The molecule has 0 atom stereocenters. The molecule has 0 N–H and O–H groups in total. The minimum Gasteiger partial charge on any atom is -0.498 e. The molecule has 5 nitrogen and oxygen atoms in total. The summed E-state index contributed by atoms with van der Waals surface area (Å²) in [5.74, 6) is 1.84. The van der Waals surface area contributed by atoms with Crippen molar-refractivity contribution in [2.45, 2.75) is 19.8 Å². The molecule has 6 heteroatoms. The van der Waals surface area contributed by atoms with Gasteiger partial charge in [-0.2, -0.15) is 8.42 Å². The lowest BCUT2D eigenvalue weighted by atomic mass is 10.1. The minimum absolute atomic E-state index is 0.305. The molecule has 2 aromatic carbocycles. The highest BCUT2D eigenvalue weighted by Gasteiger charge is 2.04. The first-order valence-corrected chi connectivity index (χ1v) is 10.2. The molecule has 0 saturated carbocycles. The second-order valence-electron chi connectivity index (χ2n) is 5.83. The van der Waals surface area contributed by atoms with E-state index < -0.39 is 10.1 Å². The van der Waals surface area contributed by atoms with Gasteiger partial charge < -0.3 is 13.7 Å². The smallest absolute Gasteiger partial charge is 0.306 e. The maximum atomic E-state index is 11.1. The van der Waals surface area contributed by atoms with Gasteiger partial charge in [0.25, 0.3) is 0 Å². The molecule has 0 aliphatic heterocycles. The lowest BCUT2D eigenvalue weighted by Gasteiger charge is -2.10. The van der Waals surface area contributed by atoms with Crippen LogP contribution in [0, 0.1) is 0 Å². The van der Waals surface area contributed by atoms with Gasteiger partial charge in [0.2, 0.25) is 0 Å². The van der Waals surface area contributed by atoms with Gasteiger partial charge in [0, 0.05) is 12.8 Å². The third kappa shape index (κ3) is 7.19. The Morgan fingerprint density at radius 2 is 1.77 bits per heavy atom. The van der Waals surface area contributed by atoms with Crippen molar-refractivity contribution in [1.82, 2.24) is 0 Å². The molecule has 26 heavy (non-hydrogen) atoms. The number of benzene rings is 2. The molecule has 0 unspecified atom stereocenters. The first-order chi connectivity index (χ1) is 12.4. The molecular weight excluding hydrogens is 352 g/mol. The van der Waals surface area contributed by atoms with Crippen LogP contribution in [0.3, 0.4) is 0 Å². The maximum absolute atomic E-state index is 11.1. The molecule has 0 saturated heterocycles. The Morgan fingerprint density at radius 1 is 1.04 bits per heavy atom. The summed E-state index contributed by atoms with van der Waals surface area (Å²) in [7, 11) is -3.50. The number of ether oxygens (including phenoxy) is 2. The predicted molar refractivity (Wildman–Crippen MR) is 102 cm³/mol. The molecular formula is C20H24O5S. The van der Waals surface area contributed by atoms with E-state index in [1.54, 1.807) is 12.1 Å². The fourth-order valence-corrected chi connectivity index (χ4v) is 2.86. The highest BCUT2D eigenvalue weighted by atomic mass is 32.2. The lowest BCUT2D eigenvalue weighted by molar-refractivity contribution is 0.225. The Balaban J connectivity index is 1.85. The van der Waals surface area contributed by atoms with Crippen LogP contribution >= 0.6 is 0 Å². The van der Waals surface area contributed by atoms with E-state index in [9.17, 15) is 8.42 Å². The molecule has 140 valence electrons.